The topological polar surface area (TPSA) is 21.3 Å². The molecular weight excluding hydrogens is 222 g/mol. The van der Waals surface area contributed by atoms with Crippen LogP contribution in [-0.4, -0.2) is 25.8 Å². The van der Waals surface area contributed by atoms with Crippen LogP contribution in [0.4, 0.5) is 0 Å². The van der Waals surface area contributed by atoms with Crippen molar-refractivity contribution in [3.05, 3.63) is 0 Å². The quantitative estimate of drug-likeness (QED) is 0.698. The largest absolute Gasteiger partial charge is 0.378 e. The van der Waals surface area contributed by atoms with Gasteiger partial charge in [0, 0.05) is 6.61 Å². The lowest BCUT2D eigenvalue weighted by Crippen LogP contribution is -2.33. The summed E-state index contributed by atoms with van der Waals surface area (Å²) in [6.45, 7) is 14.7. The first kappa shape index (κ1) is 16.0. The lowest BCUT2D eigenvalue weighted by molar-refractivity contribution is -0.0234. The van der Waals surface area contributed by atoms with E-state index < -0.39 is 0 Å². The number of nitrogens with one attached hydrogen (secondary N) is 1. The van der Waals surface area contributed by atoms with Crippen LogP contribution in [0.2, 0.25) is 0 Å². The Bertz CT molecular complexity index is 225. The number of ether oxygens (including phenoxy) is 1. The predicted molar refractivity (Wildman–Crippen MR) is 78.9 cm³/mol. The van der Waals surface area contributed by atoms with E-state index >= 15 is 0 Å². The molecule has 2 nitrogen and oxygen atoms in total. The summed E-state index contributed by atoms with van der Waals surface area (Å²) in [7, 11) is 0. The minimum Gasteiger partial charge on any atom is -0.378 e. The van der Waals surface area contributed by atoms with E-state index in [1.165, 1.54) is 19.3 Å². The molecule has 0 amide bonds. The molecule has 2 heteroatoms. The van der Waals surface area contributed by atoms with Gasteiger partial charge in [-0.15, -0.1) is 0 Å². The molecule has 0 aromatic heterocycles. The normalized spacial score (nSPS) is 27.7. The van der Waals surface area contributed by atoms with Crippen LogP contribution in [0.5, 0.6) is 0 Å². The van der Waals surface area contributed by atoms with Gasteiger partial charge in [-0.3, -0.25) is 0 Å². The molecule has 18 heavy (non-hydrogen) atoms. The molecule has 0 spiro atoms. The molecule has 1 fully saturated rings. The molecule has 2 unspecified atom stereocenters. The van der Waals surface area contributed by atoms with Crippen molar-refractivity contribution >= 4 is 0 Å². The van der Waals surface area contributed by atoms with Gasteiger partial charge >= 0.3 is 0 Å². The summed E-state index contributed by atoms with van der Waals surface area (Å²) in [5.74, 6) is 1.56. The van der Waals surface area contributed by atoms with Crippen molar-refractivity contribution in [2.24, 2.45) is 17.3 Å². The van der Waals surface area contributed by atoms with Gasteiger partial charge in [0.2, 0.25) is 0 Å². The highest BCUT2D eigenvalue weighted by molar-refractivity contribution is 4.83. The summed E-state index contributed by atoms with van der Waals surface area (Å²) in [6, 6.07) is 0. The van der Waals surface area contributed by atoms with E-state index in [0.717, 1.165) is 38.0 Å². The maximum atomic E-state index is 6.06. The number of hydrogen-bond donors (Lipinski definition) is 1. The molecule has 1 aliphatic carbocycles. The highest BCUT2D eigenvalue weighted by atomic mass is 16.5. The molecule has 1 rings (SSSR count). The summed E-state index contributed by atoms with van der Waals surface area (Å²) < 4.78 is 6.06. The summed E-state index contributed by atoms with van der Waals surface area (Å²) in [6.07, 6.45) is 5.47. The SMILES string of the molecule is CC(C)CNCCCOC1CC(C)CC(C)(C)C1. The average molecular weight is 255 g/mol. The molecule has 0 saturated heterocycles. The zero-order valence-corrected chi connectivity index (χ0v) is 13.1. The van der Waals surface area contributed by atoms with Crippen LogP contribution >= 0.6 is 0 Å². The Kier molecular flexibility index (Phi) is 6.65. The van der Waals surface area contributed by atoms with E-state index in [2.05, 4.69) is 39.9 Å². The van der Waals surface area contributed by atoms with Gasteiger partial charge in [0.15, 0.2) is 0 Å². The highest BCUT2D eigenvalue weighted by Gasteiger charge is 2.32. The van der Waals surface area contributed by atoms with Crippen LogP contribution in [0, 0.1) is 17.3 Å². The van der Waals surface area contributed by atoms with E-state index in [1.807, 2.05) is 0 Å². The van der Waals surface area contributed by atoms with Crippen LogP contribution in [0.15, 0.2) is 0 Å². The first-order chi connectivity index (χ1) is 8.39. The highest BCUT2D eigenvalue weighted by Crippen LogP contribution is 2.39. The second-order valence-electron chi connectivity index (χ2n) is 7.36. The molecule has 0 radical (unpaired) electrons. The molecule has 108 valence electrons. The Labute approximate surface area is 114 Å². The Hall–Kier alpha value is -0.0800. The van der Waals surface area contributed by atoms with Crippen molar-refractivity contribution < 1.29 is 4.74 Å². The van der Waals surface area contributed by atoms with E-state index in [-0.39, 0.29) is 0 Å². The van der Waals surface area contributed by atoms with Crippen molar-refractivity contribution in [3.8, 4) is 0 Å². The molecule has 1 saturated carbocycles. The Morgan fingerprint density at radius 2 is 2.00 bits per heavy atom. The molecular formula is C16H33NO. The fourth-order valence-corrected chi connectivity index (χ4v) is 3.22. The molecule has 0 aliphatic heterocycles. The summed E-state index contributed by atoms with van der Waals surface area (Å²) >= 11 is 0. The van der Waals surface area contributed by atoms with Crippen molar-refractivity contribution in [3.63, 3.8) is 0 Å². The van der Waals surface area contributed by atoms with Crippen molar-refractivity contribution in [1.29, 1.82) is 0 Å². The monoisotopic (exact) mass is 255 g/mol. The Morgan fingerprint density at radius 1 is 1.28 bits per heavy atom. The summed E-state index contributed by atoms with van der Waals surface area (Å²) in [5, 5.41) is 3.47. The Morgan fingerprint density at radius 3 is 2.61 bits per heavy atom. The van der Waals surface area contributed by atoms with Gasteiger partial charge in [0.25, 0.3) is 0 Å². The Balaban J connectivity index is 2.08. The van der Waals surface area contributed by atoms with Crippen LogP contribution in [-0.2, 0) is 4.74 Å². The second-order valence-corrected chi connectivity index (χ2v) is 7.36. The van der Waals surface area contributed by atoms with Crippen LogP contribution in [0.25, 0.3) is 0 Å². The third-order valence-electron chi connectivity index (χ3n) is 3.75. The van der Waals surface area contributed by atoms with E-state index in [4.69, 9.17) is 4.74 Å². The maximum Gasteiger partial charge on any atom is 0.0582 e. The molecule has 0 aromatic rings. The lowest BCUT2D eigenvalue weighted by atomic mass is 9.71. The summed E-state index contributed by atoms with van der Waals surface area (Å²) in [5.41, 5.74) is 0.470. The van der Waals surface area contributed by atoms with Gasteiger partial charge < -0.3 is 10.1 Å². The van der Waals surface area contributed by atoms with Gasteiger partial charge in [0.1, 0.15) is 0 Å². The van der Waals surface area contributed by atoms with E-state index in [1.54, 1.807) is 0 Å². The molecule has 1 N–H and O–H groups in total. The fourth-order valence-electron chi connectivity index (χ4n) is 3.22. The second kappa shape index (κ2) is 7.49. The zero-order chi connectivity index (χ0) is 13.6. The molecule has 0 aromatic carbocycles. The average Bonchev–Trinajstić information content (AvgIpc) is 2.19. The first-order valence-electron chi connectivity index (χ1n) is 7.71. The molecule has 2 atom stereocenters. The smallest absolute Gasteiger partial charge is 0.0582 e. The lowest BCUT2D eigenvalue weighted by Gasteiger charge is -2.38. The molecule has 0 bridgehead atoms. The maximum absolute atomic E-state index is 6.06. The minimum atomic E-state index is 0.470. The van der Waals surface area contributed by atoms with Crippen molar-refractivity contribution in [1.82, 2.24) is 5.32 Å². The van der Waals surface area contributed by atoms with Gasteiger partial charge in [-0.25, -0.2) is 0 Å². The van der Waals surface area contributed by atoms with Crippen LogP contribution in [0.3, 0.4) is 0 Å². The standard InChI is InChI=1S/C16H33NO/c1-13(2)12-17-7-6-8-18-15-9-14(3)10-16(4,5)11-15/h13-15,17H,6-12H2,1-5H3. The predicted octanol–water partition coefficient (Wildman–Crippen LogP) is 3.85. The minimum absolute atomic E-state index is 0.470. The summed E-state index contributed by atoms with van der Waals surface area (Å²) in [4.78, 5) is 0. The van der Waals surface area contributed by atoms with E-state index in [0.29, 0.717) is 11.5 Å². The molecule has 0 heterocycles. The fraction of sp³-hybridized carbons (Fsp3) is 1.00. The van der Waals surface area contributed by atoms with E-state index in [9.17, 15) is 0 Å². The third-order valence-corrected chi connectivity index (χ3v) is 3.75. The number of hydrogen-bond acceptors (Lipinski definition) is 2. The zero-order valence-electron chi connectivity index (χ0n) is 13.1. The molecule has 1 aliphatic rings. The number of rotatable bonds is 7. The van der Waals surface area contributed by atoms with Crippen molar-refractivity contribution in [2.45, 2.75) is 66.4 Å². The van der Waals surface area contributed by atoms with Gasteiger partial charge in [-0.05, 0) is 56.0 Å². The third kappa shape index (κ3) is 6.75. The first-order valence-corrected chi connectivity index (χ1v) is 7.71. The van der Waals surface area contributed by atoms with Crippen molar-refractivity contribution in [2.75, 3.05) is 19.7 Å². The van der Waals surface area contributed by atoms with Gasteiger partial charge in [-0.2, -0.15) is 0 Å². The van der Waals surface area contributed by atoms with Crippen LogP contribution < -0.4 is 5.32 Å². The van der Waals surface area contributed by atoms with Gasteiger partial charge in [-0.1, -0.05) is 34.6 Å². The van der Waals surface area contributed by atoms with Crippen LogP contribution in [0.1, 0.15) is 60.3 Å². The van der Waals surface area contributed by atoms with Gasteiger partial charge in [0.05, 0.1) is 6.10 Å².